The molecule has 0 aliphatic carbocycles. The molecule has 1 aromatic heterocycles. The Kier molecular flexibility index (Phi) is 8.95. The zero-order valence-electron chi connectivity index (χ0n) is 27.3. The standard InChI is InChI=1S/C36H40F3N5O4S/c1-23-41-31-7-2-3-8-32(31)44(23)28-18-26-9-10-27(19-28)43(26)16-13-36(24-5-4-6-25(37)17-24)11-14-42(15-12-36)35(45)22-48-33-21-34(49(40,46)47)30(39)20-29(33)38/h2-8,17,20-21,26-28H,9-16,18-19,22H2,1H3,(H2,40,46,47). The van der Waals surface area contributed by atoms with E-state index in [2.05, 4.69) is 34.6 Å². The van der Waals surface area contributed by atoms with Crippen LogP contribution >= 0.6 is 0 Å². The number of likely N-dealkylation sites (tertiary alicyclic amines) is 1. The van der Waals surface area contributed by atoms with E-state index in [1.807, 2.05) is 12.1 Å². The number of carbonyl (C=O) groups is 1. The number of sulfonamides is 1. The van der Waals surface area contributed by atoms with E-state index in [-0.39, 0.29) is 11.2 Å². The molecule has 260 valence electrons. The van der Waals surface area contributed by atoms with E-state index in [1.165, 1.54) is 11.6 Å². The second-order valence-electron chi connectivity index (χ2n) is 13.7. The molecule has 4 aromatic rings. The molecule has 3 saturated heterocycles. The molecule has 2 bridgehead atoms. The fraction of sp³-hybridized carbons (Fsp3) is 0.444. The lowest BCUT2D eigenvalue weighted by Crippen LogP contribution is -2.49. The number of hydrogen-bond donors (Lipinski definition) is 1. The number of nitrogens with zero attached hydrogens (tertiary/aromatic N) is 4. The molecule has 0 saturated carbocycles. The van der Waals surface area contributed by atoms with Crippen LogP contribution in [0, 0.1) is 24.4 Å². The number of para-hydroxylation sites is 2. The smallest absolute Gasteiger partial charge is 0.260 e. The molecule has 3 aromatic carbocycles. The number of aryl methyl sites for hydroxylation is 1. The van der Waals surface area contributed by atoms with Crippen LogP contribution < -0.4 is 9.88 Å². The Bertz CT molecular complexity index is 1980. The van der Waals surface area contributed by atoms with Gasteiger partial charge in [0.25, 0.3) is 5.91 Å². The molecule has 2 atom stereocenters. The van der Waals surface area contributed by atoms with Gasteiger partial charge in [-0.05, 0) is 93.7 Å². The summed E-state index contributed by atoms with van der Waals surface area (Å²) in [6.07, 6.45) is 6.44. The minimum Gasteiger partial charge on any atom is -0.481 e. The van der Waals surface area contributed by atoms with Gasteiger partial charge in [0, 0.05) is 43.3 Å². The van der Waals surface area contributed by atoms with Gasteiger partial charge in [0.1, 0.15) is 22.4 Å². The number of amides is 1. The summed E-state index contributed by atoms with van der Waals surface area (Å²) in [7, 11) is -4.46. The summed E-state index contributed by atoms with van der Waals surface area (Å²) in [5, 5.41) is 5.02. The average molecular weight is 696 g/mol. The monoisotopic (exact) mass is 695 g/mol. The highest BCUT2D eigenvalue weighted by atomic mass is 32.2. The zero-order valence-corrected chi connectivity index (χ0v) is 28.1. The second-order valence-corrected chi connectivity index (χ2v) is 15.3. The molecule has 0 spiro atoms. The Morgan fingerprint density at radius 1 is 0.959 bits per heavy atom. The van der Waals surface area contributed by atoms with Crippen LogP contribution in [-0.2, 0) is 20.2 Å². The van der Waals surface area contributed by atoms with Gasteiger partial charge in [-0.1, -0.05) is 24.3 Å². The molecule has 0 radical (unpaired) electrons. The molecule has 13 heteroatoms. The summed E-state index contributed by atoms with van der Waals surface area (Å²) in [4.78, 5) is 21.3. The van der Waals surface area contributed by atoms with Crippen LogP contribution in [-0.4, -0.2) is 72.0 Å². The first-order valence-electron chi connectivity index (χ1n) is 16.8. The molecule has 7 rings (SSSR count). The molecular weight excluding hydrogens is 655 g/mol. The third-order valence-corrected chi connectivity index (χ3v) is 11.9. The Morgan fingerprint density at radius 3 is 2.37 bits per heavy atom. The first kappa shape index (κ1) is 33.6. The van der Waals surface area contributed by atoms with Crippen molar-refractivity contribution in [2.45, 2.75) is 80.3 Å². The van der Waals surface area contributed by atoms with Gasteiger partial charge in [0.15, 0.2) is 18.2 Å². The highest BCUT2D eigenvalue weighted by molar-refractivity contribution is 7.89. The van der Waals surface area contributed by atoms with Crippen molar-refractivity contribution in [1.82, 2.24) is 19.4 Å². The molecule has 2 unspecified atom stereocenters. The first-order valence-corrected chi connectivity index (χ1v) is 18.3. The van der Waals surface area contributed by atoms with Crippen molar-refractivity contribution < 1.29 is 31.1 Å². The quantitative estimate of drug-likeness (QED) is 0.244. The summed E-state index contributed by atoms with van der Waals surface area (Å²) in [6, 6.07) is 17.4. The largest absolute Gasteiger partial charge is 0.481 e. The minimum atomic E-state index is -4.46. The van der Waals surface area contributed by atoms with E-state index in [1.54, 1.807) is 17.0 Å². The Labute approximate surface area is 283 Å². The van der Waals surface area contributed by atoms with Crippen LogP contribution in [0.2, 0.25) is 0 Å². The van der Waals surface area contributed by atoms with Crippen molar-refractivity contribution >= 4 is 27.0 Å². The van der Waals surface area contributed by atoms with Gasteiger partial charge in [-0.3, -0.25) is 9.69 Å². The van der Waals surface area contributed by atoms with E-state index in [4.69, 9.17) is 14.9 Å². The van der Waals surface area contributed by atoms with Gasteiger partial charge in [-0.15, -0.1) is 0 Å². The zero-order chi connectivity index (χ0) is 34.5. The maximum absolute atomic E-state index is 14.6. The average Bonchev–Trinajstić information content (AvgIpc) is 3.53. The fourth-order valence-electron chi connectivity index (χ4n) is 8.55. The number of ether oxygens (including phenoxy) is 1. The van der Waals surface area contributed by atoms with E-state index in [0.29, 0.717) is 56.2 Å². The highest BCUT2D eigenvalue weighted by Crippen LogP contribution is 2.45. The SMILES string of the molecule is Cc1nc2ccccc2n1C1CC2CCC(C1)N2CCC1(c2cccc(F)c2)CCN(C(=O)COc2cc(S(N)(=O)=O)c(F)cc2F)CC1. The Balaban J connectivity index is 1.02. The van der Waals surface area contributed by atoms with Crippen LogP contribution in [0.1, 0.15) is 62.4 Å². The van der Waals surface area contributed by atoms with Gasteiger partial charge < -0.3 is 14.2 Å². The molecule has 3 aliphatic rings. The highest BCUT2D eigenvalue weighted by Gasteiger charge is 2.44. The van der Waals surface area contributed by atoms with E-state index < -0.39 is 44.8 Å². The van der Waals surface area contributed by atoms with E-state index in [9.17, 15) is 26.4 Å². The van der Waals surface area contributed by atoms with Crippen LogP contribution in [0.3, 0.4) is 0 Å². The number of fused-ring (bicyclic) bond motifs is 3. The summed E-state index contributed by atoms with van der Waals surface area (Å²) < 4.78 is 73.9. The van der Waals surface area contributed by atoms with Gasteiger partial charge in [-0.2, -0.15) is 0 Å². The fourth-order valence-corrected chi connectivity index (χ4v) is 9.15. The lowest BCUT2D eigenvalue weighted by Gasteiger charge is -2.45. The first-order chi connectivity index (χ1) is 23.4. The lowest BCUT2D eigenvalue weighted by atomic mass is 9.70. The van der Waals surface area contributed by atoms with Crippen molar-refractivity contribution in [2.75, 3.05) is 26.2 Å². The minimum absolute atomic E-state index is 0.298. The number of hydrogen-bond acceptors (Lipinski definition) is 6. The molecule has 4 heterocycles. The number of benzene rings is 3. The molecule has 9 nitrogen and oxygen atoms in total. The van der Waals surface area contributed by atoms with Gasteiger partial charge >= 0.3 is 0 Å². The van der Waals surface area contributed by atoms with Gasteiger partial charge in [0.2, 0.25) is 10.0 Å². The molecular formula is C36H40F3N5O4S. The summed E-state index contributed by atoms with van der Waals surface area (Å²) >= 11 is 0. The van der Waals surface area contributed by atoms with Crippen molar-refractivity contribution in [3.8, 4) is 5.75 Å². The van der Waals surface area contributed by atoms with Crippen LogP contribution in [0.4, 0.5) is 13.2 Å². The topological polar surface area (TPSA) is 111 Å². The number of rotatable bonds is 9. The van der Waals surface area contributed by atoms with Crippen molar-refractivity contribution in [3.05, 3.63) is 89.5 Å². The predicted molar refractivity (Wildman–Crippen MR) is 178 cm³/mol. The lowest BCUT2D eigenvalue weighted by molar-refractivity contribution is -0.135. The summed E-state index contributed by atoms with van der Waals surface area (Å²) in [5.74, 6) is -2.74. The number of imidazole rings is 1. The summed E-state index contributed by atoms with van der Waals surface area (Å²) in [6.45, 7) is 3.16. The molecule has 2 N–H and O–H groups in total. The summed E-state index contributed by atoms with van der Waals surface area (Å²) in [5.41, 5.74) is 2.79. The number of aromatic nitrogens is 2. The van der Waals surface area contributed by atoms with Crippen molar-refractivity contribution in [2.24, 2.45) is 5.14 Å². The maximum atomic E-state index is 14.6. The molecule has 1 amide bonds. The molecule has 49 heavy (non-hydrogen) atoms. The number of piperidine rings is 2. The van der Waals surface area contributed by atoms with Crippen LogP contribution in [0.15, 0.2) is 65.6 Å². The number of carbonyl (C=O) groups excluding carboxylic acids is 1. The van der Waals surface area contributed by atoms with E-state index >= 15 is 0 Å². The Morgan fingerprint density at radius 2 is 1.67 bits per heavy atom. The second kappa shape index (κ2) is 13.1. The van der Waals surface area contributed by atoms with E-state index in [0.717, 1.165) is 55.6 Å². The predicted octanol–water partition coefficient (Wildman–Crippen LogP) is 5.61. The number of primary sulfonamides is 1. The third kappa shape index (κ3) is 6.55. The maximum Gasteiger partial charge on any atom is 0.260 e. The van der Waals surface area contributed by atoms with Crippen LogP contribution in [0.5, 0.6) is 5.75 Å². The van der Waals surface area contributed by atoms with Crippen molar-refractivity contribution in [1.29, 1.82) is 0 Å². The van der Waals surface area contributed by atoms with Gasteiger partial charge in [-0.25, -0.2) is 31.7 Å². The number of nitrogens with two attached hydrogens (primary N) is 1. The third-order valence-electron chi connectivity index (χ3n) is 11.0. The van der Waals surface area contributed by atoms with Gasteiger partial charge in [0.05, 0.1) is 11.0 Å². The molecule has 3 aliphatic heterocycles. The normalized spacial score (nSPS) is 22.5. The van der Waals surface area contributed by atoms with Crippen molar-refractivity contribution in [3.63, 3.8) is 0 Å². The number of halogens is 3. The Hall–Kier alpha value is -3.94. The van der Waals surface area contributed by atoms with Crippen LogP contribution in [0.25, 0.3) is 11.0 Å². The molecule has 3 fully saturated rings.